The van der Waals surface area contributed by atoms with Crippen LogP contribution in [0.25, 0.3) is 0 Å². The molecule has 0 spiro atoms. The lowest BCUT2D eigenvalue weighted by molar-refractivity contribution is 0.379. The number of para-hydroxylation sites is 2. The predicted molar refractivity (Wildman–Crippen MR) is 79.4 cm³/mol. The SMILES string of the molecule is COc1ccccc1Oc1ccc(CNC2CC2)cc1. The third-order valence-corrected chi connectivity index (χ3v) is 3.39. The summed E-state index contributed by atoms with van der Waals surface area (Å²) in [5.74, 6) is 2.30. The van der Waals surface area contributed by atoms with Gasteiger partial charge in [-0.15, -0.1) is 0 Å². The average Bonchev–Trinajstić information content (AvgIpc) is 3.31. The molecule has 0 aliphatic heterocycles. The Morgan fingerprint density at radius 3 is 2.35 bits per heavy atom. The van der Waals surface area contributed by atoms with Crippen LogP contribution >= 0.6 is 0 Å². The monoisotopic (exact) mass is 269 g/mol. The fourth-order valence-corrected chi connectivity index (χ4v) is 2.06. The lowest BCUT2D eigenvalue weighted by Crippen LogP contribution is -2.14. The standard InChI is InChI=1S/C17H19NO2/c1-19-16-4-2-3-5-17(16)20-15-10-6-13(7-11-15)12-18-14-8-9-14/h2-7,10-11,14,18H,8-9,12H2,1H3. The maximum Gasteiger partial charge on any atom is 0.169 e. The van der Waals surface area contributed by atoms with Crippen LogP contribution in [0.3, 0.4) is 0 Å². The predicted octanol–water partition coefficient (Wildman–Crippen LogP) is 3.74. The molecule has 1 aliphatic carbocycles. The highest BCUT2D eigenvalue weighted by Crippen LogP contribution is 2.30. The van der Waals surface area contributed by atoms with Crippen LogP contribution < -0.4 is 14.8 Å². The van der Waals surface area contributed by atoms with E-state index in [2.05, 4.69) is 17.4 Å². The summed E-state index contributed by atoms with van der Waals surface area (Å²) < 4.78 is 11.1. The molecule has 1 aliphatic rings. The van der Waals surface area contributed by atoms with E-state index in [1.54, 1.807) is 7.11 Å². The molecule has 1 fully saturated rings. The lowest BCUT2D eigenvalue weighted by atomic mass is 10.2. The maximum atomic E-state index is 5.85. The Kier molecular flexibility index (Phi) is 3.88. The summed E-state index contributed by atoms with van der Waals surface area (Å²) in [5, 5.41) is 3.50. The Bertz CT molecular complexity index is 561. The zero-order valence-electron chi connectivity index (χ0n) is 11.6. The van der Waals surface area contributed by atoms with Crippen LogP contribution in [0.5, 0.6) is 17.2 Å². The van der Waals surface area contributed by atoms with Gasteiger partial charge in [0.2, 0.25) is 0 Å². The molecule has 0 amide bonds. The zero-order chi connectivity index (χ0) is 13.8. The zero-order valence-corrected chi connectivity index (χ0v) is 11.6. The van der Waals surface area contributed by atoms with E-state index < -0.39 is 0 Å². The van der Waals surface area contributed by atoms with Crippen molar-refractivity contribution in [3.63, 3.8) is 0 Å². The van der Waals surface area contributed by atoms with Crippen LogP contribution in [0, 0.1) is 0 Å². The van der Waals surface area contributed by atoms with Crippen molar-refractivity contribution in [3.05, 3.63) is 54.1 Å². The van der Waals surface area contributed by atoms with Crippen LogP contribution in [0.4, 0.5) is 0 Å². The molecule has 0 heterocycles. The van der Waals surface area contributed by atoms with E-state index in [1.165, 1.54) is 18.4 Å². The van der Waals surface area contributed by atoms with Gasteiger partial charge in [-0.2, -0.15) is 0 Å². The molecule has 20 heavy (non-hydrogen) atoms. The minimum Gasteiger partial charge on any atom is -0.493 e. The van der Waals surface area contributed by atoms with E-state index in [1.807, 2.05) is 36.4 Å². The van der Waals surface area contributed by atoms with Crippen molar-refractivity contribution in [2.24, 2.45) is 0 Å². The van der Waals surface area contributed by atoms with Crippen molar-refractivity contribution in [3.8, 4) is 17.2 Å². The second-order valence-electron chi connectivity index (χ2n) is 5.05. The summed E-state index contributed by atoms with van der Waals surface area (Å²) in [5.41, 5.74) is 1.28. The van der Waals surface area contributed by atoms with Crippen LogP contribution in [0.2, 0.25) is 0 Å². The first-order valence-electron chi connectivity index (χ1n) is 6.98. The van der Waals surface area contributed by atoms with Crippen LogP contribution in [0.15, 0.2) is 48.5 Å². The second kappa shape index (κ2) is 5.97. The Balaban J connectivity index is 1.64. The van der Waals surface area contributed by atoms with Crippen molar-refractivity contribution >= 4 is 0 Å². The van der Waals surface area contributed by atoms with E-state index >= 15 is 0 Å². The van der Waals surface area contributed by atoms with Gasteiger partial charge in [0.05, 0.1) is 7.11 Å². The molecule has 1 saturated carbocycles. The number of ether oxygens (including phenoxy) is 2. The number of hydrogen-bond acceptors (Lipinski definition) is 3. The molecule has 3 heteroatoms. The number of nitrogens with one attached hydrogen (secondary N) is 1. The second-order valence-corrected chi connectivity index (χ2v) is 5.05. The molecule has 0 aromatic heterocycles. The van der Waals surface area contributed by atoms with Crippen molar-refractivity contribution in [2.45, 2.75) is 25.4 Å². The maximum absolute atomic E-state index is 5.85. The van der Waals surface area contributed by atoms with Gasteiger partial charge in [0.1, 0.15) is 5.75 Å². The summed E-state index contributed by atoms with van der Waals surface area (Å²) >= 11 is 0. The summed E-state index contributed by atoms with van der Waals surface area (Å²) in [6.07, 6.45) is 2.63. The van der Waals surface area contributed by atoms with Gasteiger partial charge in [0.25, 0.3) is 0 Å². The van der Waals surface area contributed by atoms with E-state index in [9.17, 15) is 0 Å². The average molecular weight is 269 g/mol. The molecule has 0 bridgehead atoms. The van der Waals surface area contributed by atoms with Crippen LogP contribution in [-0.4, -0.2) is 13.2 Å². The Morgan fingerprint density at radius 2 is 1.70 bits per heavy atom. The largest absolute Gasteiger partial charge is 0.493 e. The van der Waals surface area contributed by atoms with Gasteiger partial charge >= 0.3 is 0 Å². The summed E-state index contributed by atoms with van der Waals surface area (Å²) in [6, 6.07) is 16.6. The molecule has 104 valence electrons. The van der Waals surface area contributed by atoms with Gasteiger partial charge in [-0.25, -0.2) is 0 Å². The van der Waals surface area contributed by atoms with Crippen molar-refractivity contribution < 1.29 is 9.47 Å². The topological polar surface area (TPSA) is 30.5 Å². The van der Waals surface area contributed by atoms with Gasteiger partial charge in [-0.05, 0) is 42.7 Å². The van der Waals surface area contributed by atoms with Crippen molar-refractivity contribution in [2.75, 3.05) is 7.11 Å². The number of hydrogen-bond donors (Lipinski definition) is 1. The molecule has 3 rings (SSSR count). The fraction of sp³-hybridized carbons (Fsp3) is 0.294. The van der Waals surface area contributed by atoms with Gasteiger partial charge in [0, 0.05) is 12.6 Å². The quantitative estimate of drug-likeness (QED) is 0.866. The molecule has 3 nitrogen and oxygen atoms in total. The third kappa shape index (κ3) is 3.31. The Labute approximate surface area is 119 Å². The first-order valence-corrected chi connectivity index (χ1v) is 6.98. The molecule has 0 saturated heterocycles. The highest BCUT2D eigenvalue weighted by atomic mass is 16.5. The van der Waals surface area contributed by atoms with Gasteiger partial charge in [-0.1, -0.05) is 24.3 Å². The Hall–Kier alpha value is -2.00. The highest BCUT2D eigenvalue weighted by Gasteiger charge is 2.19. The molecule has 1 N–H and O–H groups in total. The molecule has 0 radical (unpaired) electrons. The molecule has 2 aromatic carbocycles. The van der Waals surface area contributed by atoms with E-state index in [0.29, 0.717) is 0 Å². The van der Waals surface area contributed by atoms with Crippen LogP contribution in [0.1, 0.15) is 18.4 Å². The molecular formula is C17H19NO2. The Morgan fingerprint density at radius 1 is 1.00 bits per heavy atom. The number of benzene rings is 2. The molecular weight excluding hydrogens is 250 g/mol. The summed E-state index contributed by atoms with van der Waals surface area (Å²) in [6.45, 7) is 0.930. The summed E-state index contributed by atoms with van der Waals surface area (Å²) in [4.78, 5) is 0. The van der Waals surface area contributed by atoms with Crippen molar-refractivity contribution in [1.29, 1.82) is 0 Å². The normalized spacial score (nSPS) is 14.1. The first kappa shape index (κ1) is 13.0. The molecule has 0 atom stereocenters. The molecule has 0 unspecified atom stereocenters. The lowest BCUT2D eigenvalue weighted by Gasteiger charge is -2.10. The van der Waals surface area contributed by atoms with Gasteiger partial charge < -0.3 is 14.8 Å². The third-order valence-electron chi connectivity index (χ3n) is 3.39. The van der Waals surface area contributed by atoms with E-state index in [4.69, 9.17) is 9.47 Å². The number of rotatable bonds is 6. The van der Waals surface area contributed by atoms with E-state index in [0.717, 1.165) is 29.8 Å². The fourth-order valence-electron chi connectivity index (χ4n) is 2.06. The minimum atomic E-state index is 0.735. The number of methoxy groups -OCH3 is 1. The van der Waals surface area contributed by atoms with Gasteiger partial charge in [0.15, 0.2) is 11.5 Å². The van der Waals surface area contributed by atoms with E-state index in [-0.39, 0.29) is 0 Å². The van der Waals surface area contributed by atoms with Gasteiger partial charge in [-0.3, -0.25) is 0 Å². The smallest absolute Gasteiger partial charge is 0.169 e. The highest BCUT2D eigenvalue weighted by molar-refractivity contribution is 5.42. The first-order chi connectivity index (χ1) is 9.85. The van der Waals surface area contributed by atoms with Crippen LogP contribution in [-0.2, 0) is 6.54 Å². The molecule has 2 aromatic rings. The van der Waals surface area contributed by atoms with Crippen molar-refractivity contribution in [1.82, 2.24) is 5.32 Å². The minimum absolute atomic E-state index is 0.735. The summed E-state index contributed by atoms with van der Waals surface area (Å²) in [7, 11) is 1.65.